The number of unbranched alkanes of at least 4 members (excludes halogenated alkanes) is 1. The van der Waals surface area contributed by atoms with E-state index in [4.69, 9.17) is 14.2 Å². The van der Waals surface area contributed by atoms with Crippen molar-refractivity contribution in [3.63, 3.8) is 0 Å². The molecule has 2 unspecified atom stereocenters. The van der Waals surface area contributed by atoms with Crippen LogP contribution >= 0.6 is 0 Å². The number of carbonyl (C=O) groups is 1. The minimum atomic E-state index is -0.898. The van der Waals surface area contributed by atoms with E-state index in [1.54, 1.807) is 0 Å². The van der Waals surface area contributed by atoms with E-state index < -0.39 is 6.09 Å². The molecule has 0 radical (unpaired) electrons. The summed E-state index contributed by atoms with van der Waals surface area (Å²) in [6.07, 6.45) is 1.43. The van der Waals surface area contributed by atoms with Crippen molar-refractivity contribution >= 4 is 16.9 Å². The first-order valence-electron chi connectivity index (χ1n) is 13.6. The first-order chi connectivity index (χ1) is 19.2. The van der Waals surface area contributed by atoms with E-state index in [-0.39, 0.29) is 12.0 Å². The van der Waals surface area contributed by atoms with Gasteiger partial charge < -0.3 is 24.2 Å². The molecule has 0 bridgehead atoms. The number of nitrogens with zero attached hydrogens (tertiary/aromatic N) is 1. The fourth-order valence-corrected chi connectivity index (χ4v) is 5.08. The molecule has 1 aliphatic heterocycles. The van der Waals surface area contributed by atoms with Crippen LogP contribution in [0.15, 0.2) is 97.1 Å². The van der Waals surface area contributed by atoms with E-state index >= 15 is 0 Å². The Morgan fingerprint density at radius 2 is 1.46 bits per heavy atom. The monoisotopic (exact) mass is 525 g/mol. The van der Waals surface area contributed by atoms with E-state index in [1.165, 1.54) is 15.7 Å². The molecule has 1 aliphatic rings. The van der Waals surface area contributed by atoms with Gasteiger partial charge in [0.25, 0.3) is 0 Å². The molecule has 0 aliphatic carbocycles. The van der Waals surface area contributed by atoms with Gasteiger partial charge >= 0.3 is 6.09 Å². The van der Waals surface area contributed by atoms with Gasteiger partial charge in [0.05, 0.1) is 32.5 Å². The summed E-state index contributed by atoms with van der Waals surface area (Å²) < 4.78 is 18.1. The molecule has 4 aromatic rings. The number of likely N-dealkylation sites (tertiary alicyclic amines) is 1. The molecule has 2 atom stereocenters. The Morgan fingerprint density at radius 1 is 0.795 bits per heavy atom. The molecule has 1 fully saturated rings. The Hall–Kier alpha value is -4.03. The van der Waals surface area contributed by atoms with Gasteiger partial charge in [-0.05, 0) is 71.5 Å². The van der Waals surface area contributed by atoms with Gasteiger partial charge in [0.2, 0.25) is 0 Å². The van der Waals surface area contributed by atoms with Crippen molar-refractivity contribution in [1.29, 1.82) is 0 Å². The molecule has 202 valence electrons. The highest BCUT2D eigenvalue weighted by atomic mass is 16.5. The Kier molecular flexibility index (Phi) is 8.97. The van der Waals surface area contributed by atoms with Crippen LogP contribution in [0, 0.1) is 0 Å². The van der Waals surface area contributed by atoms with Crippen molar-refractivity contribution in [3.8, 4) is 11.5 Å². The number of fused-ring (bicyclic) bond motifs is 1. The zero-order valence-electron chi connectivity index (χ0n) is 22.1. The first kappa shape index (κ1) is 26.6. The van der Waals surface area contributed by atoms with Gasteiger partial charge in [-0.1, -0.05) is 66.7 Å². The highest BCUT2D eigenvalue weighted by Gasteiger charge is 2.33. The maximum absolute atomic E-state index is 11.7. The van der Waals surface area contributed by atoms with Crippen LogP contribution < -0.4 is 9.47 Å². The van der Waals surface area contributed by atoms with Gasteiger partial charge in [0.15, 0.2) is 0 Å². The van der Waals surface area contributed by atoms with Gasteiger partial charge in [-0.15, -0.1) is 0 Å². The molecular weight excluding hydrogens is 490 g/mol. The Morgan fingerprint density at radius 3 is 2.18 bits per heavy atom. The molecule has 4 aromatic carbocycles. The molecule has 1 N–H and O–H groups in total. The van der Waals surface area contributed by atoms with E-state index in [0.717, 1.165) is 41.9 Å². The number of piperidine rings is 1. The highest BCUT2D eigenvalue weighted by Crippen LogP contribution is 2.32. The second-order valence-electron chi connectivity index (χ2n) is 9.94. The normalized spacial score (nSPS) is 17.2. The van der Waals surface area contributed by atoms with Crippen LogP contribution in [0.3, 0.4) is 0 Å². The maximum Gasteiger partial charge on any atom is 0.407 e. The quantitative estimate of drug-likeness (QED) is 0.211. The zero-order chi connectivity index (χ0) is 26.9. The largest absolute Gasteiger partial charge is 0.494 e. The van der Waals surface area contributed by atoms with Crippen molar-refractivity contribution in [1.82, 2.24) is 4.90 Å². The molecule has 1 amide bonds. The van der Waals surface area contributed by atoms with Crippen molar-refractivity contribution in [2.24, 2.45) is 0 Å². The second-order valence-corrected chi connectivity index (χ2v) is 9.94. The molecule has 6 nitrogen and oxygen atoms in total. The molecule has 0 saturated carbocycles. The van der Waals surface area contributed by atoms with Crippen LogP contribution in [0.5, 0.6) is 11.5 Å². The number of hydrogen-bond acceptors (Lipinski definition) is 4. The summed E-state index contributed by atoms with van der Waals surface area (Å²) in [6.45, 7) is 2.60. The van der Waals surface area contributed by atoms with Gasteiger partial charge in [0, 0.05) is 12.5 Å². The lowest BCUT2D eigenvalue weighted by molar-refractivity contribution is -0.0199. The molecule has 6 heteroatoms. The van der Waals surface area contributed by atoms with Crippen LogP contribution in [0.2, 0.25) is 0 Å². The van der Waals surface area contributed by atoms with Crippen molar-refractivity contribution < 1.29 is 24.1 Å². The molecule has 1 saturated heterocycles. The number of rotatable bonds is 11. The lowest BCUT2D eigenvalue weighted by atomic mass is 9.87. The number of benzene rings is 4. The summed E-state index contributed by atoms with van der Waals surface area (Å²) in [4.78, 5) is 13.2. The number of carboxylic acid groups (broad SMARTS) is 1. The van der Waals surface area contributed by atoms with Crippen LogP contribution in [0.4, 0.5) is 4.79 Å². The average Bonchev–Trinajstić information content (AvgIpc) is 2.98. The third-order valence-corrected chi connectivity index (χ3v) is 7.24. The van der Waals surface area contributed by atoms with Gasteiger partial charge in [-0.2, -0.15) is 0 Å². The summed E-state index contributed by atoms with van der Waals surface area (Å²) in [5, 5.41) is 12.0. The minimum absolute atomic E-state index is 0.116. The summed E-state index contributed by atoms with van der Waals surface area (Å²) in [7, 11) is 0. The number of hydrogen-bond donors (Lipinski definition) is 1. The number of ether oxygens (including phenoxy) is 3. The van der Waals surface area contributed by atoms with E-state index in [0.29, 0.717) is 32.9 Å². The van der Waals surface area contributed by atoms with Crippen molar-refractivity contribution in [3.05, 3.63) is 108 Å². The van der Waals surface area contributed by atoms with Crippen LogP contribution in [0.1, 0.15) is 36.3 Å². The molecular formula is C33H35NO5. The topological polar surface area (TPSA) is 68.2 Å². The number of para-hydroxylation sites is 1. The zero-order valence-corrected chi connectivity index (χ0v) is 22.1. The maximum atomic E-state index is 11.7. The van der Waals surface area contributed by atoms with Crippen LogP contribution in [0.25, 0.3) is 10.8 Å². The van der Waals surface area contributed by atoms with Gasteiger partial charge in [-0.3, -0.25) is 0 Å². The predicted octanol–water partition coefficient (Wildman–Crippen LogP) is 7.13. The van der Waals surface area contributed by atoms with Gasteiger partial charge in [-0.25, -0.2) is 4.79 Å². The van der Waals surface area contributed by atoms with Crippen molar-refractivity contribution in [2.45, 2.75) is 37.9 Å². The van der Waals surface area contributed by atoms with E-state index in [9.17, 15) is 9.90 Å². The Balaban J connectivity index is 1.14. The van der Waals surface area contributed by atoms with Crippen molar-refractivity contribution in [2.75, 3.05) is 26.3 Å². The minimum Gasteiger partial charge on any atom is -0.494 e. The third kappa shape index (κ3) is 7.30. The fourth-order valence-electron chi connectivity index (χ4n) is 5.08. The predicted molar refractivity (Wildman–Crippen MR) is 153 cm³/mol. The molecule has 1 heterocycles. The van der Waals surface area contributed by atoms with E-state index in [2.05, 4.69) is 42.5 Å². The molecule has 5 rings (SSSR count). The highest BCUT2D eigenvalue weighted by molar-refractivity contribution is 5.82. The summed E-state index contributed by atoms with van der Waals surface area (Å²) in [5.41, 5.74) is 2.23. The summed E-state index contributed by atoms with van der Waals surface area (Å²) >= 11 is 0. The molecule has 0 spiro atoms. The van der Waals surface area contributed by atoms with Crippen LogP contribution in [-0.2, 0) is 11.3 Å². The van der Waals surface area contributed by atoms with Crippen LogP contribution in [-0.4, -0.2) is 48.5 Å². The first-order valence-corrected chi connectivity index (χ1v) is 13.6. The summed E-state index contributed by atoms with van der Waals surface area (Å²) in [5.74, 6) is 1.84. The second kappa shape index (κ2) is 13.2. The smallest absolute Gasteiger partial charge is 0.407 e. The standard InChI is InChI=1S/C33H35NO5/c35-33(36)34-19-18-31(32(23-34)39-24-25-12-13-26-8-4-5-9-28(26)22-25)27-14-16-30(17-15-27)38-21-7-6-20-37-29-10-2-1-3-11-29/h1-5,8-17,22,31-32H,6-7,18-21,23-24H2,(H,35,36). The lowest BCUT2D eigenvalue weighted by Gasteiger charge is -2.37. The molecule has 0 aromatic heterocycles. The Bertz CT molecular complexity index is 1340. The Labute approximate surface area is 229 Å². The average molecular weight is 526 g/mol. The SMILES string of the molecule is O=C(O)N1CCC(c2ccc(OCCCCOc3ccccc3)cc2)C(OCc2ccc3ccccc3c2)C1. The lowest BCUT2D eigenvalue weighted by Crippen LogP contribution is -2.46. The third-order valence-electron chi connectivity index (χ3n) is 7.24. The number of amides is 1. The van der Waals surface area contributed by atoms with E-state index in [1.807, 2.05) is 54.6 Å². The fraction of sp³-hybridized carbons (Fsp3) is 0.303. The van der Waals surface area contributed by atoms with Gasteiger partial charge in [0.1, 0.15) is 11.5 Å². The summed E-state index contributed by atoms with van der Waals surface area (Å²) in [6, 6.07) is 32.6. The molecule has 39 heavy (non-hydrogen) atoms.